The van der Waals surface area contributed by atoms with Crippen molar-refractivity contribution in [2.24, 2.45) is 0 Å². The van der Waals surface area contributed by atoms with Gasteiger partial charge in [-0.2, -0.15) is 13.2 Å². The van der Waals surface area contributed by atoms with Gasteiger partial charge < -0.3 is 15.5 Å². The van der Waals surface area contributed by atoms with Crippen LogP contribution in [0.1, 0.15) is 37.1 Å². The molecule has 154 valence electrons. The molecule has 8 nitrogen and oxygen atoms in total. The molecule has 0 spiro atoms. The number of alkyl halides is 3. The summed E-state index contributed by atoms with van der Waals surface area (Å²) in [4.78, 5) is 37.3. The highest BCUT2D eigenvalue weighted by Gasteiger charge is 2.32. The summed E-state index contributed by atoms with van der Waals surface area (Å²) in [6.45, 7) is 1.76. The lowest BCUT2D eigenvalue weighted by Gasteiger charge is -2.24. The predicted octanol–water partition coefficient (Wildman–Crippen LogP) is 2.43. The highest BCUT2D eigenvalue weighted by molar-refractivity contribution is 5.84. The van der Waals surface area contributed by atoms with Crippen molar-refractivity contribution in [2.45, 2.75) is 32.0 Å². The third kappa shape index (κ3) is 5.18. The van der Waals surface area contributed by atoms with Crippen LogP contribution in [0.5, 0.6) is 0 Å². The van der Waals surface area contributed by atoms with Gasteiger partial charge in [-0.15, -0.1) is 0 Å². The number of nitrogens with zero attached hydrogens (tertiary/aromatic N) is 4. The number of likely N-dealkylation sites (tertiary alicyclic amines) is 1. The standard InChI is InChI=1S/C18H19F3N6O2/c1-11(28)24-10-16(29)27-8-2-3-14(27)13-5-7-23-17(25-13)26-15-9-12(4-6-22-15)18(19,20)21/h4-7,9,14H,2-3,8,10H2,1H3,(H,24,28)(H,22,23,25,26). The van der Waals surface area contributed by atoms with Crippen LogP contribution < -0.4 is 10.6 Å². The van der Waals surface area contributed by atoms with E-state index in [9.17, 15) is 22.8 Å². The summed E-state index contributed by atoms with van der Waals surface area (Å²) in [5, 5.41) is 5.15. The number of amides is 2. The molecule has 0 bridgehead atoms. The molecule has 0 aromatic carbocycles. The van der Waals surface area contributed by atoms with E-state index in [0.717, 1.165) is 24.8 Å². The maximum atomic E-state index is 12.9. The number of nitrogens with one attached hydrogen (secondary N) is 2. The topological polar surface area (TPSA) is 100 Å². The molecule has 11 heteroatoms. The molecule has 3 heterocycles. The smallest absolute Gasteiger partial charge is 0.347 e. The first-order valence-corrected chi connectivity index (χ1v) is 8.91. The van der Waals surface area contributed by atoms with E-state index in [1.54, 1.807) is 11.0 Å². The molecular weight excluding hydrogens is 389 g/mol. The van der Waals surface area contributed by atoms with Crippen LogP contribution in [0.15, 0.2) is 30.6 Å². The average Bonchev–Trinajstić information content (AvgIpc) is 3.16. The third-order valence-corrected chi connectivity index (χ3v) is 4.41. The fourth-order valence-electron chi connectivity index (χ4n) is 3.08. The molecule has 0 saturated carbocycles. The Bertz CT molecular complexity index is 905. The Hall–Kier alpha value is -3.24. The van der Waals surface area contributed by atoms with Crippen LogP contribution in [0.4, 0.5) is 24.9 Å². The SMILES string of the molecule is CC(=O)NCC(=O)N1CCCC1c1ccnc(Nc2cc(C(F)(F)F)ccn2)n1. The van der Waals surface area contributed by atoms with Crippen molar-refractivity contribution in [1.29, 1.82) is 0 Å². The van der Waals surface area contributed by atoms with Gasteiger partial charge in [-0.05, 0) is 31.0 Å². The van der Waals surface area contributed by atoms with E-state index in [2.05, 4.69) is 25.6 Å². The van der Waals surface area contributed by atoms with Crippen molar-refractivity contribution < 1.29 is 22.8 Å². The van der Waals surface area contributed by atoms with Crippen LogP contribution >= 0.6 is 0 Å². The molecule has 1 saturated heterocycles. The first-order valence-electron chi connectivity index (χ1n) is 8.91. The summed E-state index contributed by atoms with van der Waals surface area (Å²) in [7, 11) is 0. The third-order valence-electron chi connectivity index (χ3n) is 4.41. The summed E-state index contributed by atoms with van der Waals surface area (Å²) in [5.41, 5.74) is -0.278. The monoisotopic (exact) mass is 408 g/mol. The fraction of sp³-hybridized carbons (Fsp3) is 0.389. The first kappa shape index (κ1) is 20.5. The van der Waals surface area contributed by atoms with E-state index in [1.807, 2.05) is 0 Å². The van der Waals surface area contributed by atoms with E-state index in [4.69, 9.17) is 0 Å². The van der Waals surface area contributed by atoms with Crippen molar-refractivity contribution in [1.82, 2.24) is 25.2 Å². The Morgan fingerprint density at radius 2 is 2.00 bits per heavy atom. The zero-order valence-corrected chi connectivity index (χ0v) is 15.5. The number of hydrogen-bond acceptors (Lipinski definition) is 6. The predicted molar refractivity (Wildman–Crippen MR) is 96.9 cm³/mol. The van der Waals surface area contributed by atoms with Crippen LogP contribution in [-0.4, -0.2) is 44.8 Å². The lowest BCUT2D eigenvalue weighted by molar-refractivity contribution is -0.137. The number of aromatic nitrogens is 3. The summed E-state index contributed by atoms with van der Waals surface area (Å²) < 4.78 is 38.6. The molecular formula is C18H19F3N6O2. The Morgan fingerprint density at radius 3 is 2.72 bits per heavy atom. The van der Waals surface area contributed by atoms with Gasteiger partial charge in [0.25, 0.3) is 0 Å². The van der Waals surface area contributed by atoms with Crippen LogP contribution in [0.2, 0.25) is 0 Å². The Balaban J connectivity index is 1.75. The van der Waals surface area contributed by atoms with Gasteiger partial charge in [-0.3, -0.25) is 9.59 Å². The zero-order valence-electron chi connectivity index (χ0n) is 15.5. The number of rotatable bonds is 5. The number of carbonyl (C=O) groups is 2. The molecule has 1 atom stereocenters. The van der Waals surface area contributed by atoms with E-state index >= 15 is 0 Å². The second-order valence-corrected chi connectivity index (χ2v) is 6.51. The molecule has 2 aromatic rings. The van der Waals surface area contributed by atoms with Crippen LogP contribution in [0.25, 0.3) is 0 Å². The number of carbonyl (C=O) groups excluding carboxylic acids is 2. The van der Waals surface area contributed by atoms with Gasteiger partial charge in [-0.25, -0.2) is 15.0 Å². The molecule has 1 fully saturated rings. The van der Waals surface area contributed by atoms with Gasteiger partial charge in [0.1, 0.15) is 5.82 Å². The molecule has 29 heavy (non-hydrogen) atoms. The first-order chi connectivity index (χ1) is 13.7. The quantitative estimate of drug-likeness (QED) is 0.788. The highest BCUT2D eigenvalue weighted by Crippen LogP contribution is 2.32. The second kappa shape index (κ2) is 8.41. The maximum Gasteiger partial charge on any atom is 0.416 e. The van der Waals surface area contributed by atoms with Crippen molar-refractivity contribution >= 4 is 23.6 Å². The van der Waals surface area contributed by atoms with Gasteiger partial charge in [0.05, 0.1) is 23.8 Å². The number of pyridine rings is 1. The molecule has 2 amide bonds. The summed E-state index contributed by atoms with van der Waals surface area (Å²) in [6, 6.07) is 3.10. The van der Waals surface area contributed by atoms with E-state index < -0.39 is 11.7 Å². The van der Waals surface area contributed by atoms with Crippen molar-refractivity contribution in [2.75, 3.05) is 18.4 Å². The Morgan fingerprint density at radius 1 is 1.24 bits per heavy atom. The van der Waals surface area contributed by atoms with Crippen LogP contribution in [0, 0.1) is 0 Å². The lowest BCUT2D eigenvalue weighted by atomic mass is 10.1. The highest BCUT2D eigenvalue weighted by atomic mass is 19.4. The van der Waals surface area contributed by atoms with E-state index in [-0.39, 0.29) is 36.2 Å². The van der Waals surface area contributed by atoms with Gasteiger partial charge in [0.15, 0.2) is 0 Å². The summed E-state index contributed by atoms with van der Waals surface area (Å²) in [5.74, 6) is -0.482. The minimum Gasteiger partial charge on any atom is -0.347 e. The number of hydrogen-bond donors (Lipinski definition) is 2. The Labute approximate surface area is 164 Å². The summed E-state index contributed by atoms with van der Waals surface area (Å²) in [6.07, 6.45) is -0.509. The number of halogens is 3. The van der Waals surface area contributed by atoms with Gasteiger partial charge in [-0.1, -0.05) is 0 Å². The average molecular weight is 408 g/mol. The molecule has 3 rings (SSSR count). The fourth-order valence-corrected chi connectivity index (χ4v) is 3.08. The van der Waals surface area contributed by atoms with E-state index in [1.165, 1.54) is 13.1 Å². The Kier molecular flexibility index (Phi) is 5.95. The van der Waals surface area contributed by atoms with Gasteiger partial charge in [0.2, 0.25) is 17.8 Å². The normalized spacial score (nSPS) is 16.6. The molecule has 1 aliphatic rings. The molecule has 2 aromatic heterocycles. The van der Waals surface area contributed by atoms with Crippen molar-refractivity contribution in [3.05, 3.63) is 41.9 Å². The molecule has 2 N–H and O–H groups in total. The second-order valence-electron chi connectivity index (χ2n) is 6.51. The van der Waals surface area contributed by atoms with Gasteiger partial charge >= 0.3 is 6.18 Å². The zero-order chi connectivity index (χ0) is 21.0. The molecule has 0 aliphatic carbocycles. The summed E-state index contributed by atoms with van der Waals surface area (Å²) >= 11 is 0. The van der Waals surface area contributed by atoms with Crippen LogP contribution in [0.3, 0.4) is 0 Å². The minimum absolute atomic E-state index is 0.0398. The minimum atomic E-state index is -4.49. The molecule has 0 radical (unpaired) electrons. The van der Waals surface area contributed by atoms with E-state index in [0.29, 0.717) is 18.7 Å². The molecule has 1 unspecified atom stereocenters. The lowest BCUT2D eigenvalue weighted by Crippen LogP contribution is -2.39. The van der Waals surface area contributed by atoms with Crippen molar-refractivity contribution in [3.8, 4) is 0 Å². The largest absolute Gasteiger partial charge is 0.416 e. The van der Waals surface area contributed by atoms with Crippen LogP contribution in [-0.2, 0) is 15.8 Å². The van der Waals surface area contributed by atoms with Crippen molar-refractivity contribution in [3.63, 3.8) is 0 Å². The number of anilines is 2. The van der Waals surface area contributed by atoms with Gasteiger partial charge in [0, 0.05) is 25.9 Å². The maximum absolute atomic E-state index is 12.9. The molecule has 1 aliphatic heterocycles.